The summed E-state index contributed by atoms with van der Waals surface area (Å²) in [5.41, 5.74) is 0. The molecule has 0 aromatic carbocycles. The van der Waals surface area contributed by atoms with Crippen molar-refractivity contribution < 1.29 is 14.7 Å². The Bertz CT molecular complexity index is 165. The Morgan fingerprint density at radius 3 is 2.33 bits per heavy atom. The molecule has 6 heteroatoms. The van der Waals surface area contributed by atoms with Crippen LogP contribution in [0.2, 0.25) is 0 Å². The third kappa shape index (κ3) is 6.30. The van der Waals surface area contributed by atoms with Gasteiger partial charge in [0, 0.05) is 6.92 Å². The van der Waals surface area contributed by atoms with Gasteiger partial charge in [0.25, 0.3) is 0 Å². The Hall–Kier alpha value is -0.420. The van der Waals surface area contributed by atoms with E-state index < -0.39 is 12.0 Å². The van der Waals surface area contributed by atoms with Crippen LogP contribution in [0.3, 0.4) is 0 Å². The first-order valence-corrected chi connectivity index (χ1v) is 3.82. The van der Waals surface area contributed by atoms with E-state index in [1.165, 1.54) is 6.92 Å². The number of carboxylic acid groups (broad SMARTS) is 1. The molecule has 1 amide bonds. The second kappa shape index (κ2) is 7.24. The number of rotatable bonds is 4. The molecular formula is C6H12ClNO3S. The molecule has 0 fully saturated rings. The minimum Gasteiger partial charge on any atom is -0.480 e. The number of amides is 1. The first-order chi connectivity index (χ1) is 5.07. The first kappa shape index (κ1) is 14.1. The predicted octanol–water partition coefficient (Wildman–Crippen LogP) is 0.317. The molecule has 0 rings (SSSR count). The number of thiol groups is 1. The Labute approximate surface area is 82.5 Å². The summed E-state index contributed by atoms with van der Waals surface area (Å²) in [6, 6.07) is -0.801. The predicted molar refractivity (Wildman–Crippen MR) is 51.0 cm³/mol. The Kier molecular flexibility index (Phi) is 8.52. The summed E-state index contributed by atoms with van der Waals surface area (Å²) in [5, 5.41) is 10.8. The maximum atomic E-state index is 10.4. The van der Waals surface area contributed by atoms with Gasteiger partial charge in [-0.3, -0.25) is 4.79 Å². The number of carbonyl (C=O) groups excluding carboxylic acids is 1. The Morgan fingerprint density at radius 1 is 1.58 bits per heavy atom. The maximum Gasteiger partial charge on any atom is 0.326 e. The lowest BCUT2D eigenvalue weighted by Crippen LogP contribution is -2.39. The quantitative estimate of drug-likeness (QED) is 0.590. The van der Waals surface area contributed by atoms with Gasteiger partial charge in [0.1, 0.15) is 6.04 Å². The monoisotopic (exact) mass is 213 g/mol. The largest absolute Gasteiger partial charge is 0.480 e. The van der Waals surface area contributed by atoms with E-state index >= 15 is 0 Å². The first-order valence-electron chi connectivity index (χ1n) is 3.18. The fourth-order valence-corrected chi connectivity index (χ4v) is 0.890. The summed E-state index contributed by atoms with van der Waals surface area (Å²) in [6.45, 7) is 1.29. The van der Waals surface area contributed by atoms with Crippen LogP contribution < -0.4 is 5.32 Å². The number of halogens is 1. The molecule has 0 aliphatic rings. The van der Waals surface area contributed by atoms with Gasteiger partial charge in [-0.15, -0.1) is 12.4 Å². The van der Waals surface area contributed by atoms with Gasteiger partial charge in [0.05, 0.1) is 0 Å². The van der Waals surface area contributed by atoms with Crippen LogP contribution in [0.25, 0.3) is 0 Å². The highest BCUT2D eigenvalue weighted by molar-refractivity contribution is 7.80. The van der Waals surface area contributed by atoms with E-state index in [0.29, 0.717) is 12.2 Å². The van der Waals surface area contributed by atoms with Crippen molar-refractivity contribution in [1.82, 2.24) is 5.32 Å². The molecule has 0 bridgehead atoms. The number of aliphatic carboxylic acids is 1. The average molecular weight is 214 g/mol. The molecule has 72 valence electrons. The topological polar surface area (TPSA) is 66.4 Å². The van der Waals surface area contributed by atoms with Gasteiger partial charge in [-0.2, -0.15) is 12.6 Å². The lowest BCUT2D eigenvalue weighted by molar-refractivity contribution is -0.141. The van der Waals surface area contributed by atoms with Crippen molar-refractivity contribution in [2.24, 2.45) is 0 Å². The summed E-state index contributed by atoms with van der Waals surface area (Å²) in [6.07, 6.45) is 0.345. The normalized spacial score (nSPS) is 11.2. The second-order valence-electron chi connectivity index (χ2n) is 2.10. The Balaban J connectivity index is 0. The summed E-state index contributed by atoms with van der Waals surface area (Å²) in [4.78, 5) is 20.8. The zero-order valence-corrected chi connectivity index (χ0v) is 8.32. The number of nitrogens with one attached hydrogen (secondary N) is 1. The van der Waals surface area contributed by atoms with E-state index in [1.807, 2.05) is 0 Å². The molecule has 0 aromatic heterocycles. The molecule has 0 saturated heterocycles. The van der Waals surface area contributed by atoms with E-state index in [0.717, 1.165) is 0 Å². The fraction of sp³-hybridized carbons (Fsp3) is 0.667. The molecule has 4 nitrogen and oxygen atoms in total. The molecule has 0 heterocycles. The van der Waals surface area contributed by atoms with Crippen LogP contribution in [0.4, 0.5) is 0 Å². The molecule has 0 aliphatic carbocycles. The summed E-state index contributed by atoms with van der Waals surface area (Å²) in [5.74, 6) is -0.912. The van der Waals surface area contributed by atoms with Gasteiger partial charge < -0.3 is 10.4 Å². The lowest BCUT2D eigenvalue weighted by Gasteiger charge is -2.10. The van der Waals surface area contributed by atoms with Crippen LogP contribution in [0.1, 0.15) is 13.3 Å². The van der Waals surface area contributed by atoms with E-state index in [4.69, 9.17) is 5.11 Å². The highest BCUT2D eigenvalue weighted by Gasteiger charge is 2.16. The molecular weight excluding hydrogens is 202 g/mol. The van der Waals surface area contributed by atoms with E-state index in [1.54, 1.807) is 0 Å². The van der Waals surface area contributed by atoms with Crippen LogP contribution >= 0.6 is 25.0 Å². The van der Waals surface area contributed by atoms with Crippen molar-refractivity contribution in [3.63, 3.8) is 0 Å². The van der Waals surface area contributed by atoms with Crippen molar-refractivity contribution >= 4 is 36.9 Å². The van der Waals surface area contributed by atoms with Crippen LogP contribution in [-0.4, -0.2) is 28.8 Å². The van der Waals surface area contributed by atoms with Gasteiger partial charge in [-0.1, -0.05) is 0 Å². The Morgan fingerprint density at radius 2 is 2.08 bits per heavy atom. The molecule has 1 atom stereocenters. The van der Waals surface area contributed by atoms with Crippen molar-refractivity contribution in [1.29, 1.82) is 0 Å². The van der Waals surface area contributed by atoms with Gasteiger partial charge in [0.2, 0.25) is 5.91 Å². The highest BCUT2D eigenvalue weighted by Crippen LogP contribution is 1.93. The summed E-state index contributed by atoms with van der Waals surface area (Å²) >= 11 is 3.86. The molecule has 0 aliphatic heterocycles. The third-order valence-corrected chi connectivity index (χ3v) is 1.35. The minimum atomic E-state index is -1.02. The van der Waals surface area contributed by atoms with Crippen molar-refractivity contribution in [2.45, 2.75) is 19.4 Å². The highest BCUT2D eigenvalue weighted by atomic mass is 35.5. The van der Waals surface area contributed by atoms with Crippen molar-refractivity contribution in [3.05, 3.63) is 0 Å². The van der Waals surface area contributed by atoms with Crippen molar-refractivity contribution in [3.8, 4) is 0 Å². The van der Waals surface area contributed by atoms with Gasteiger partial charge in [-0.25, -0.2) is 4.79 Å². The van der Waals surface area contributed by atoms with E-state index in [2.05, 4.69) is 17.9 Å². The molecule has 0 spiro atoms. The molecule has 0 saturated carbocycles. The molecule has 0 radical (unpaired) electrons. The van der Waals surface area contributed by atoms with Crippen LogP contribution in [0.5, 0.6) is 0 Å². The lowest BCUT2D eigenvalue weighted by atomic mass is 10.2. The maximum absolute atomic E-state index is 10.4. The zero-order chi connectivity index (χ0) is 8.85. The third-order valence-electron chi connectivity index (χ3n) is 1.09. The van der Waals surface area contributed by atoms with Crippen LogP contribution in [0, 0.1) is 0 Å². The zero-order valence-electron chi connectivity index (χ0n) is 6.61. The number of hydrogen-bond donors (Lipinski definition) is 3. The standard InChI is InChI=1S/C6H11NO3S.ClH/c1-4(8)7-5(2-3-11)6(9)10;/h5,11H,2-3H2,1H3,(H,7,8)(H,9,10);1H. The SMILES string of the molecule is CC(=O)NC(CCS)C(=O)O.Cl. The van der Waals surface area contributed by atoms with Crippen molar-refractivity contribution in [2.75, 3.05) is 5.75 Å². The number of hydrogen-bond acceptors (Lipinski definition) is 3. The second-order valence-corrected chi connectivity index (χ2v) is 2.55. The van der Waals surface area contributed by atoms with Crippen LogP contribution in [0.15, 0.2) is 0 Å². The average Bonchev–Trinajstić information content (AvgIpc) is 1.86. The summed E-state index contributed by atoms with van der Waals surface area (Å²) < 4.78 is 0. The number of carboxylic acids is 1. The van der Waals surface area contributed by atoms with Gasteiger partial charge in [-0.05, 0) is 12.2 Å². The summed E-state index contributed by atoms with van der Waals surface area (Å²) in [7, 11) is 0. The molecule has 1 unspecified atom stereocenters. The minimum absolute atomic E-state index is 0. The van der Waals surface area contributed by atoms with Gasteiger partial charge in [0.15, 0.2) is 0 Å². The van der Waals surface area contributed by atoms with E-state index in [-0.39, 0.29) is 18.3 Å². The van der Waals surface area contributed by atoms with Crippen LogP contribution in [-0.2, 0) is 9.59 Å². The smallest absolute Gasteiger partial charge is 0.326 e. The molecule has 12 heavy (non-hydrogen) atoms. The van der Waals surface area contributed by atoms with E-state index in [9.17, 15) is 9.59 Å². The molecule has 0 aromatic rings. The molecule has 2 N–H and O–H groups in total. The number of carbonyl (C=O) groups is 2. The fourth-order valence-electron chi connectivity index (χ4n) is 0.632. The van der Waals surface area contributed by atoms with Gasteiger partial charge >= 0.3 is 5.97 Å².